The second kappa shape index (κ2) is 5.01. The van der Waals surface area contributed by atoms with Crippen molar-refractivity contribution in [2.45, 2.75) is 19.3 Å². The summed E-state index contributed by atoms with van der Waals surface area (Å²) in [5.74, 6) is 0.0638. The highest BCUT2D eigenvalue weighted by Gasteiger charge is 2.11. The van der Waals surface area contributed by atoms with Gasteiger partial charge in [0.2, 0.25) is 5.91 Å². The minimum absolute atomic E-state index is 0.0638. The number of hydrogen-bond donors (Lipinski definition) is 1. The van der Waals surface area contributed by atoms with Crippen LogP contribution in [0.25, 0.3) is 0 Å². The zero-order valence-corrected chi connectivity index (χ0v) is 9.70. The van der Waals surface area contributed by atoms with Crippen molar-refractivity contribution in [1.82, 2.24) is 5.32 Å². The topological polar surface area (TPSA) is 32.3 Å². The molecule has 1 amide bonds. The molecule has 1 aliphatic rings. The third-order valence-electron chi connectivity index (χ3n) is 3.05. The summed E-state index contributed by atoms with van der Waals surface area (Å²) < 4.78 is 0. The highest BCUT2D eigenvalue weighted by atomic mass is 16.1. The quantitative estimate of drug-likeness (QED) is 0.835. The number of nitrogens with one attached hydrogen (secondary N) is 1. The van der Waals surface area contributed by atoms with Gasteiger partial charge in [0.05, 0.1) is 6.42 Å². The molecule has 0 aromatic heterocycles. The summed E-state index contributed by atoms with van der Waals surface area (Å²) in [7, 11) is 1.67. The minimum Gasteiger partial charge on any atom is -0.372 e. The van der Waals surface area contributed by atoms with E-state index in [0.717, 1.165) is 18.7 Å². The van der Waals surface area contributed by atoms with E-state index in [0.29, 0.717) is 6.42 Å². The number of anilines is 1. The Labute approximate surface area is 96.5 Å². The summed E-state index contributed by atoms with van der Waals surface area (Å²) in [6, 6.07) is 8.32. The van der Waals surface area contributed by atoms with E-state index in [4.69, 9.17) is 0 Å². The van der Waals surface area contributed by atoms with Crippen molar-refractivity contribution in [2.75, 3.05) is 25.0 Å². The van der Waals surface area contributed by atoms with Crippen LogP contribution in [0.3, 0.4) is 0 Å². The average molecular weight is 218 g/mol. The lowest BCUT2D eigenvalue weighted by Crippen LogP contribution is -2.20. The van der Waals surface area contributed by atoms with Crippen LogP contribution in [0.2, 0.25) is 0 Å². The predicted octanol–water partition coefficient (Wildman–Crippen LogP) is 1.58. The number of hydrogen-bond acceptors (Lipinski definition) is 2. The van der Waals surface area contributed by atoms with Crippen LogP contribution in [0.1, 0.15) is 18.4 Å². The number of rotatable bonds is 3. The lowest BCUT2D eigenvalue weighted by atomic mass is 10.1. The highest BCUT2D eigenvalue weighted by Crippen LogP contribution is 2.20. The van der Waals surface area contributed by atoms with Gasteiger partial charge in [-0.3, -0.25) is 4.79 Å². The van der Waals surface area contributed by atoms with E-state index in [1.54, 1.807) is 7.05 Å². The fourth-order valence-electron chi connectivity index (χ4n) is 2.07. The molecule has 16 heavy (non-hydrogen) atoms. The predicted molar refractivity (Wildman–Crippen MR) is 65.7 cm³/mol. The molecule has 0 saturated carbocycles. The number of carbonyl (C=O) groups is 1. The van der Waals surface area contributed by atoms with Crippen molar-refractivity contribution >= 4 is 11.6 Å². The first-order valence-corrected chi connectivity index (χ1v) is 5.84. The number of carbonyl (C=O) groups excluding carboxylic acids is 1. The summed E-state index contributed by atoms with van der Waals surface area (Å²) in [4.78, 5) is 13.6. The summed E-state index contributed by atoms with van der Waals surface area (Å²) in [6.07, 6.45) is 3.05. The van der Waals surface area contributed by atoms with Gasteiger partial charge in [0, 0.05) is 25.8 Å². The van der Waals surface area contributed by atoms with Crippen molar-refractivity contribution in [3.05, 3.63) is 29.8 Å². The molecule has 1 aromatic carbocycles. The third kappa shape index (κ3) is 2.54. The van der Waals surface area contributed by atoms with Gasteiger partial charge in [0.1, 0.15) is 0 Å². The van der Waals surface area contributed by atoms with Gasteiger partial charge in [-0.1, -0.05) is 12.1 Å². The normalized spacial score (nSPS) is 15.2. The standard InChI is InChI=1S/C13H18N2O/c1-14-13(16)10-11-4-6-12(7-5-11)15-8-2-3-9-15/h4-7H,2-3,8-10H2,1H3,(H,14,16). The molecular weight excluding hydrogens is 200 g/mol. The maximum atomic E-state index is 11.2. The number of benzene rings is 1. The summed E-state index contributed by atoms with van der Waals surface area (Å²) in [5.41, 5.74) is 2.35. The molecule has 1 heterocycles. The molecule has 3 heteroatoms. The molecule has 0 spiro atoms. The maximum Gasteiger partial charge on any atom is 0.224 e. The number of amides is 1. The van der Waals surface area contributed by atoms with Crippen LogP contribution in [0.5, 0.6) is 0 Å². The first-order valence-electron chi connectivity index (χ1n) is 5.84. The van der Waals surface area contributed by atoms with Crippen LogP contribution in [-0.4, -0.2) is 26.0 Å². The van der Waals surface area contributed by atoms with E-state index in [-0.39, 0.29) is 5.91 Å². The van der Waals surface area contributed by atoms with Gasteiger partial charge in [0.25, 0.3) is 0 Å². The molecule has 1 fully saturated rings. The molecule has 0 aliphatic carbocycles. The molecule has 1 saturated heterocycles. The van der Waals surface area contributed by atoms with Crippen LogP contribution in [0.4, 0.5) is 5.69 Å². The summed E-state index contributed by atoms with van der Waals surface area (Å²) in [5, 5.41) is 2.63. The molecule has 86 valence electrons. The van der Waals surface area contributed by atoms with Gasteiger partial charge in [-0.25, -0.2) is 0 Å². The third-order valence-corrected chi connectivity index (χ3v) is 3.05. The Balaban J connectivity index is 2.01. The van der Waals surface area contributed by atoms with Gasteiger partial charge in [-0.15, -0.1) is 0 Å². The lowest BCUT2D eigenvalue weighted by Gasteiger charge is -2.17. The fraction of sp³-hybridized carbons (Fsp3) is 0.462. The lowest BCUT2D eigenvalue weighted by molar-refractivity contribution is -0.119. The second-order valence-corrected chi connectivity index (χ2v) is 4.21. The summed E-state index contributed by atoms with van der Waals surface area (Å²) in [6.45, 7) is 2.32. The molecule has 1 N–H and O–H groups in total. The Kier molecular flexibility index (Phi) is 3.44. The van der Waals surface area contributed by atoms with E-state index in [1.165, 1.54) is 18.5 Å². The van der Waals surface area contributed by atoms with Crippen LogP contribution in [0.15, 0.2) is 24.3 Å². The largest absolute Gasteiger partial charge is 0.372 e. The maximum absolute atomic E-state index is 11.2. The first kappa shape index (κ1) is 11.0. The van der Waals surface area contributed by atoms with E-state index in [2.05, 4.69) is 22.3 Å². The smallest absolute Gasteiger partial charge is 0.224 e. The Morgan fingerprint density at radius 2 is 1.88 bits per heavy atom. The number of likely N-dealkylation sites (N-methyl/N-ethyl adjacent to an activating group) is 1. The van der Waals surface area contributed by atoms with Gasteiger partial charge in [0.15, 0.2) is 0 Å². The molecular formula is C13H18N2O. The Morgan fingerprint density at radius 3 is 2.44 bits per heavy atom. The van der Waals surface area contributed by atoms with Gasteiger partial charge >= 0.3 is 0 Å². The molecule has 2 rings (SSSR count). The van der Waals surface area contributed by atoms with Crippen molar-refractivity contribution in [2.24, 2.45) is 0 Å². The molecule has 0 atom stereocenters. The van der Waals surface area contributed by atoms with E-state index < -0.39 is 0 Å². The van der Waals surface area contributed by atoms with Crippen LogP contribution < -0.4 is 10.2 Å². The van der Waals surface area contributed by atoms with E-state index in [1.807, 2.05) is 12.1 Å². The molecule has 1 aliphatic heterocycles. The first-order chi connectivity index (χ1) is 7.79. The van der Waals surface area contributed by atoms with Crippen molar-refractivity contribution < 1.29 is 4.79 Å². The van der Waals surface area contributed by atoms with E-state index >= 15 is 0 Å². The molecule has 0 radical (unpaired) electrons. The Hall–Kier alpha value is -1.51. The van der Waals surface area contributed by atoms with Gasteiger partial charge < -0.3 is 10.2 Å². The molecule has 0 unspecified atom stereocenters. The van der Waals surface area contributed by atoms with Crippen LogP contribution in [0, 0.1) is 0 Å². The van der Waals surface area contributed by atoms with Crippen LogP contribution in [-0.2, 0) is 11.2 Å². The van der Waals surface area contributed by atoms with Crippen LogP contribution >= 0.6 is 0 Å². The van der Waals surface area contributed by atoms with Crippen molar-refractivity contribution in [3.63, 3.8) is 0 Å². The van der Waals surface area contributed by atoms with Crippen molar-refractivity contribution in [3.8, 4) is 0 Å². The van der Waals surface area contributed by atoms with E-state index in [9.17, 15) is 4.79 Å². The zero-order chi connectivity index (χ0) is 11.4. The fourth-order valence-corrected chi connectivity index (χ4v) is 2.07. The average Bonchev–Trinajstić information content (AvgIpc) is 2.83. The molecule has 0 bridgehead atoms. The molecule has 3 nitrogen and oxygen atoms in total. The van der Waals surface area contributed by atoms with Gasteiger partial charge in [-0.2, -0.15) is 0 Å². The van der Waals surface area contributed by atoms with Gasteiger partial charge in [-0.05, 0) is 30.5 Å². The minimum atomic E-state index is 0.0638. The SMILES string of the molecule is CNC(=O)Cc1ccc(N2CCCC2)cc1. The zero-order valence-electron chi connectivity index (χ0n) is 9.70. The second-order valence-electron chi connectivity index (χ2n) is 4.21. The Bertz CT molecular complexity index is 353. The summed E-state index contributed by atoms with van der Waals surface area (Å²) >= 11 is 0. The number of nitrogens with zero attached hydrogens (tertiary/aromatic N) is 1. The Morgan fingerprint density at radius 1 is 1.25 bits per heavy atom. The highest BCUT2D eigenvalue weighted by molar-refractivity contribution is 5.78. The molecule has 1 aromatic rings. The van der Waals surface area contributed by atoms with Crippen molar-refractivity contribution in [1.29, 1.82) is 0 Å². The monoisotopic (exact) mass is 218 g/mol.